The Morgan fingerprint density at radius 3 is 2.28 bits per heavy atom. The Kier molecular flexibility index (Phi) is 6.24. The quantitative estimate of drug-likeness (QED) is 0.790. The minimum Gasteiger partial charge on any atom is -0.395 e. The highest BCUT2D eigenvalue weighted by Crippen LogP contribution is 2.42. The number of amides is 1. The summed E-state index contributed by atoms with van der Waals surface area (Å²) in [5.74, 6) is -0.130. The van der Waals surface area contributed by atoms with Gasteiger partial charge in [-0.2, -0.15) is 4.31 Å². The molecule has 1 aliphatic rings. The number of carbonyl (C=O) groups is 1. The summed E-state index contributed by atoms with van der Waals surface area (Å²) in [4.78, 5) is 14.0. The molecule has 0 aliphatic carbocycles. The molecule has 1 heterocycles. The molecule has 0 bridgehead atoms. The van der Waals surface area contributed by atoms with Gasteiger partial charge in [0, 0.05) is 24.9 Å². The van der Waals surface area contributed by atoms with E-state index in [0.717, 1.165) is 11.8 Å². The van der Waals surface area contributed by atoms with Crippen LogP contribution >= 0.6 is 0 Å². The van der Waals surface area contributed by atoms with Gasteiger partial charge in [-0.15, -0.1) is 0 Å². The summed E-state index contributed by atoms with van der Waals surface area (Å²) < 4.78 is 25.9. The van der Waals surface area contributed by atoms with E-state index in [1.807, 2.05) is 44.2 Å². The van der Waals surface area contributed by atoms with E-state index < -0.39 is 16.1 Å². The molecule has 1 aromatic rings. The van der Waals surface area contributed by atoms with E-state index in [9.17, 15) is 18.3 Å². The average Bonchev–Trinajstić information content (AvgIpc) is 2.53. The van der Waals surface area contributed by atoms with Gasteiger partial charge in [-0.1, -0.05) is 37.3 Å². The molecule has 1 aliphatic heterocycles. The SMILES string of the molecule is CCC(=O)N(C[C@H]1[C@H](c2ccccc2)[C@@H](CO)N1S(C)(=O)=O)C(C)C. The third-order valence-electron chi connectivity index (χ3n) is 4.87. The summed E-state index contributed by atoms with van der Waals surface area (Å²) in [6.45, 7) is 5.74. The van der Waals surface area contributed by atoms with Gasteiger partial charge in [-0.05, 0) is 19.4 Å². The van der Waals surface area contributed by atoms with E-state index in [1.54, 1.807) is 11.8 Å². The summed E-state index contributed by atoms with van der Waals surface area (Å²) >= 11 is 0. The molecule has 140 valence electrons. The van der Waals surface area contributed by atoms with Gasteiger partial charge in [0.15, 0.2) is 0 Å². The molecule has 3 atom stereocenters. The molecular weight excluding hydrogens is 340 g/mol. The Labute approximate surface area is 150 Å². The third kappa shape index (κ3) is 4.04. The molecule has 0 saturated carbocycles. The van der Waals surface area contributed by atoms with Crippen molar-refractivity contribution in [3.8, 4) is 0 Å². The first kappa shape index (κ1) is 19.9. The maximum Gasteiger partial charge on any atom is 0.222 e. The summed E-state index contributed by atoms with van der Waals surface area (Å²) in [5.41, 5.74) is 0.985. The Morgan fingerprint density at radius 1 is 1.24 bits per heavy atom. The molecule has 1 amide bonds. The smallest absolute Gasteiger partial charge is 0.222 e. The summed E-state index contributed by atoms with van der Waals surface area (Å²) in [6, 6.07) is 8.73. The van der Waals surface area contributed by atoms with E-state index in [4.69, 9.17) is 0 Å². The van der Waals surface area contributed by atoms with E-state index in [-0.39, 0.29) is 30.5 Å². The first-order valence-electron chi connectivity index (χ1n) is 8.66. The molecule has 7 heteroatoms. The van der Waals surface area contributed by atoms with E-state index in [0.29, 0.717) is 13.0 Å². The van der Waals surface area contributed by atoms with Crippen molar-refractivity contribution >= 4 is 15.9 Å². The number of carbonyl (C=O) groups excluding carboxylic acids is 1. The van der Waals surface area contributed by atoms with Crippen LogP contribution in [0.1, 0.15) is 38.7 Å². The first-order chi connectivity index (χ1) is 11.7. The molecule has 6 nitrogen and oxygen atoms in total. The number of aliphatic hydroxyl groups excluding tert-OH is 1. The summed E-state index contributed by atoms with van der Waals surface area (Å²) in [7, 11) is -3.49. The topological polar surface area (TPSA) is 77.9 Å². The molecule has 0 unspecified atom stereocenters. The zero-order chi connectivity index (χ0) is 18.8. The van der Waals surface area contributed by atoms with Crippen LogP contribution in [0.15, 0.2) is 30.3 Å². The zero-order valence-electron chi connectivity index (χ0n) is 15.3. The van der Waals surface area contributed by atoms with Gasteiger partial charge < -0.3 is 10.0 Å². The highest BCUT2D eigenvalue weighted by molar-refractivity contribution is 7.88. The maximum absolute atomic E-state index is 12.3. The number of nitrogens with zero attached hydrogens (tertiary/aromatic N) is 2. The van der Waals surface area contributed by atoms with Crippen molar-refractivity contribution in [1.29, 1.82) is 0 Å². The van der Waals surface area contributed by atoms with Crippen LogP contribution in [0.4, 0.5) is 0 Å². The predicted octanol–water partition coefficient (Wildman–Crippen LogP) is 1.42. The number of aliphatic hydroxyl groups is 1. The second-order valence-electron chi connectivity index (χ2n) is 6.84. The van der Waals surface area contributed by atoms with Gasteiger partial charge in [-0.25, -0.2) is 8.42 Å². The lowest BCUT2D eigenvalue weighted by atomic mass is 9.77. The fourth-order valence-electron chi connectivity index (χ4n) is 3.72. The fourth-order valence-corrected chi connectivity index (χ4v) is 5.10. The van der Waals surface area contributed by atoms with Gasteiger partial charge in [0.25, 0.3) is 0 Å². The fraction of sp³-hybridized carbons (Fsp3) is 0.611. The molecule has 2 rings (SSSR count). The van der Waals surface area contributed by atoms with E-state index in [1.165, 1.54) is 4.31 Å². The van der Waals surface area contributed by atoms with Crippen LogP contribution in [-0.4, -0.2) is 66.2 Å². The lowest BCUT2D eigenvalue weighted by Gasteiger charge is -2.54. The number of rotatable bonds is 7. The molecule has 25 heavy (non-hydrogen) atoms. The Bertz CT molecular complexity index is 690. The average molecular weight is 368 g/mol. The van der Waals surface area contributed by atoms with Crippen LogP contribution in [0, 0.1) is 0 Å². The van der Waals surface area contributed by atoms with Crippen molar-refractivity contribution in [2.45, 2.75) is 51.2 Å². The minimum absolute atomic E-state index is 0.00251. The summed E-state index contributed by atoms with van der Waals surface area (Å²) in [6.07, 6.45) is 1.54. The molecular formula is C18H28N2O4S. The van der Waals surface area contributed by atoms with Gasteiger partial charge >= 0.3 is 0 Å². The largest absolute Gasteiger partial charge is 0.395 e. The minimum atomic E-state index is -3.49. The van der Waals surface area contributed by atoms with Crippen LogP contribution in [0.25, 0.3) is 0 Å². The lowest BCUT2D eigenvalue weighted by molar-refractivity contribution is -0.134. The third-order valence-corrected chi connectivity index (χ3v) is 6.17. The monoisotopic (exact) mass is 368 g/mol. The van der Waals surface area contributed by atoms with Crippen molar-refractivity contribution in [3.05, 3.63) is 35.9 Å². The van der Waals surface area contributed by atoms with E-state index in [2.05, 4.69) is 0 Å². The Balaban J connectivity index is 2.38. The second kappa shape index (κ2) is 7.85. The first-order valence-corrected chi connectivity index (χ1v) is 10.5. The number of hydrogen-bond acceptors (Lipinski definition) is 4. The van der Waals surface area contributed by atoms with Crippen LogP contribution < -0.4 is 0 Å². The second-order valence-corrected chi connectivity index (χ2v) is 8.73. The van der Waals surface area contributed by atoms with Crippen molar-refractivity contribution < 1.29 is 18.3 Å². The molecule has 1 aromatic carbocycles. The van der Waals surface area contributed by atoms with E-state index >= 15 is 0 Å². The summed E-state index contributed by atoms with van der Waals surface area (Å²) in [5, 5.41) is 9.78. The number of benzene rings is 1. The standard InChI is InChI=1S/C18H28N2O4S/c1-5-17(22)19(13(2)3)11-15-18(14-9-7-6-8-10-14)16(12-21)20(15)25(4,23)24/h6-10,13,15-16,18,21H,5,11-12H2,1-4H3/t15-,16+,18-/m0/s1. The molecule has 0 aromatic heterocycles. The molecule has 1 saturated heterocycles. The van der Waals surface area contributed by atoms with Gasteiger partial charge in [0.1, 0.15) is 0 Å². The van der Waals surface area contributed by atoms with Crippen LogP contribution in [0.3, 0.4) is 0 Å². The van der Waals surface area contributed by atoms with Gasteiger partial charge in [0.05, 0.1) is 24.9 Å². The molecule has 0 spiro atoms. The highest BCUT2D eigenvalue weighted by atomic mass is 32.2. The maximum atomic E-state index is 12.3. The number of sulfonamides is 1. The van der Waals surface area contributed by atoms with Crippen molar-refractivity contribution in [3.63, 3.8) is 0 Å². The van der Waals surface area contributed by atoms with Crippen molar-refractivity contribution in [1.82, 2.24) is 9.21 Å². The lowest BCUT2D eigenvalue weighted by Crippen LogP contribution is -2.68. The van der Waals surface area contributed by atoms with Crippen molar-refractivity contribution in [2.75, 3.05) is 19.4 Å². The van der Waals surface area contributed by atoms with Gasteiger partial charge in [-0.3, -0.25) is 4.79 Å². The van der Waals surface area contributed by atoms with Gasteiger partial charge in [0.2, 0.25) is 15.9 Å². The Hall–Kier alpha value is -1.44. The molecule has 1 N–H and O–H groups in total. The van der Waals surface area contributed by atoms with Crippen LogP contribution in [0.2, 0.25) is 0 Å². The number of hydrogen-bond donors (Lipinski definition) is 1. The van der Waals surface area contributed by atoms with Crippen molar-refractivity contribution in [2.24, 2.45) is 0 Å². The van der Waals surface area contributed by atoms with Crippen LogP contribution in [-0.2, 0) is 14.8 Å². The normalized spacial score (nSPS) is 24.2. The predicted molar refractivity (Wildman–Crippen MR) is 97.7 cm³/mol. The zero-order valence-corrected chi connectivity index (χ0v) is 16.1. The van der Waals surface area contributed by atoms with Crippen LogP contribution in [0.5, 0.6) is 0 Å². The molecule has 1 fully saturated rings. The molecule has 0 radical (unpaired) electrons. The highest BCUT2D eigenvalue weighted by Gasteiger charge is 2.53. The Morgan fingerprint density at radius 2 is 1.84 bits per heavy atom.